The summed E-state index contributed by atoms with van der Waals surface area (Å²) in [6, 6.07) is 4.60. The fourth-order valence-corrected chi connectivity index (χ4v) is 4.48. The van der Waals surface area contributed by atoms with Crippen LogP contribution in [-0.2, 0) is 10.0 Å². The second-order valence-electron chi connectivity index (χ2n) is 5.45. The van der Waals surface area contributed by atoms with Crippen molar-refractivity contribution in [2.45, 2.75) is 24.7 Å². The first-order chi connectivity index (χ1) is 10.5. The highest BCUT2D eigenvalue weighted by Crippen LogP contribution is 2.30. The van der Waals surface area contributed by atoms with Crippen LogP contribution in [0.15, 0.2) is 23.1 Å². The number of benzene rings is 1. The smallest absolute Gasteiger partial charge is 0.243 e. The maximum atomic E-state index is 12.7. The lowest BCUT2D eigenvalue weighted by molar-refractivity contribution is 0.268. The Morgan fingerprint density at radius 2 is 2.05 bits per heavy atom. The van der Waals surface area contributed by atoms with E-state index in [1.165, 1.54) is 13.2 Å². The third-order valence-corrected chi connectivity index (χ3v) is 6.21. The molecule has 0 atom stereocenters. The molecule has 1 heterocycles. The number of hydrogen-bond acceptors (Lipinski definition) is 4. The van der Waals surface area contributed by atoms with Gasteiger partial charge in [0.25, 0.3) is 0 Å². The molecule has 1 fully saturated rings. The Morgan fingerprint density at radius 3 is 2.59 bits per heavy atom. The third kappa shape index (κ3) is 3.93. The van der Waals surface area contributed by atoms with E-state index < -0.39 is 10.0 Å². The van der Waals surface area contributed by atoms with Crippen molar-refractivity contribution in [3.8, 4) is 5.75 Å². The largest absolute Gasteiger partial charge is 0.495 e. The van der Waals surface area contributed by atoms with Gasteiger partial charge in [-0.25, -0.2) is 8.42 Å². The number of methoxy groups -OCH3 is 1. The van der Waals surface area contributed by atoms with Crippen LogP contribution in [0.3, 0.4) is 0 Å². The Labute approximate surface area is 137 Å². The number of hydrogen-bond donors (Lipinski definition) is 1. The zero-order chi connectivity index (χ0) is 16.2. The van der Waals surface area contributed by atoms with Gasteiger partial charge >= 0.3 is 0 Å². The maximum absolute atomic E-state index is 12.7. The van der Waals surface area contributed by atoms with Crippen molar-refractivity contribution in [3.05, 3.63) is 23.2 Å². The first kappa shape index (κ1) is 17.5. The van der Waals surface area contributed by atoms with Gasteiger partial charge in [0.1, 0.15) is 5.75 Å². The number of sulfonamides is 1. The Balaban J connectivity index is 2.07. The molecule has 1 saturated heterocycles. The van der Waals surface area contributed by atoms with Gasteiger partial charge < -0.3 is 10.1 Å². The van der Waals surface area contributed by atoms with E-state index in [4.69, 9.17) is 16.3 Å². The standard InChI is InChI=1S/C15H23ClN2O3S/c1-3-17-11-12-6-8-18(9-7-12)22(19,20)13-4-5-15(21-2)14(16)10-13/h4-5,10,12,17H,3,6-9,11H2,1-2H3. The van der Waals surface area contributed by atoms with E-state index in [-0.39, 0.29) is 4.90 Å². The summed E-state index contributed by atoms with van der Waals surface area (Å²) >= 11 is 6.04. The van der Waals surface area contributed by atoms with Crippen LogP contribution in [0.4, 0.5) is 0 Å². The highest BCUT2D eigenvalue weighted by molar-refractivity contribution is 7.89. The molecular formula is C15H23ClN2O3S. The van der Waals surface area contributed by atoms with Crippen LogP contribution in [0.2, 0.25) is 5.02 Å². The second-order valence-corrected chi connectivity index (χ2v) is 7.80. The minimum atomic E-state index is -3.48. The van der Waals surface area contributed by atoms with Gasteiger partial charge in [0.2, 0.25) is 10.0 Å². The fraction of sp³-hybridized carbons (Fsp3) is 0.600. The summed E-state index contributed by atoms with van der Waals surface area (Å²) in [5.41, 5.74) is 0. The molecular weight excluding hydrogens is 324 g/mol. The van der Waals surface area contributed by atoms with E-state index in [1.54, 1.807) is 16.4 Å². The molecule has 0 saturated carbocycles. The minimum Gasteiger partial charge on any atom is -0.495 e. The molecule has 1 aliphatic heterocycles. The van der Waals surface area contributed by atoms with Gasteiger partial charge in [-0.15, -0.1) is 0 Å². The molecule has 0 radical (unpaired) electrons. The average Bonchev–Trinajstić information content (AvgIpc) is 2.53. The highest BCUT2D eigenvalue weighted by atomic mass is 35.5. The number of halogens is 1. The first-order valence-electron chi connectivity index (χ1n) is 7.53. The topological polar surface area (TPSA) is 58.6 Å². The maximum Gasteiger partial charge on any atom is 0.243 e. The molecule has 22 heavy (non-hydrogen) atoms. The minimum absolute atomic E-state index is 0.225. The first-order valence-corrected chi connectivity index (χ1v) is 9.35. The van der Waals surface area contributed by atoms with E-state index in [9.17, 15) is 8.42 Å². The number of nitrogens with zero attached hydrogens (tertiary/aromatic N) is 1. The Bertz CT molecular complexity index is 599. The summed E-state index contributed by atoms with van der Waals surface area (Å²) in [6.45, 7) is 5.10. The van der Waals surface area contributed by atoms with Gasteiger partial charge in [-0.2, -0.15) is 4.31 Å². The van der Waals surface area contributed by atoms with Crippen molar-refractivity contribution < 1.29 is 13.2 Å². The SMILES string of the molecule is CCNCC1CCN(S(=O)(=O)c2ccc(OC)c(Cl)c2)CC1. The third-order valence-electron chi connectivity index (χ3n) is 4.02. The zero-order valence-corrected chi connectivity index (χ0v) is 14.6. The summed E-state index contributed by atoms with van der Waals surface area (Å²) in [5.74, 6) is 1.02. The van der Waals surface area contributed by atoms with Gasteiger partial charge in [0, 0.05) is 13.1 Å². The molecule has 7 heteroatoms. The molecule has 1 aromatic carbocycles. The lowest BCUT2D eigenvalue weighted by atomic mass is 9.98. The Morgan fingerprint density at radius 1 is 1.36 bits per heavy atom. The molecule has 0 spiro atoms. The van der Waals surface area contributed by atoms with E-state index in [1.807, 2.05) is 0 Å². The monoisotopic (exact) mass is 346 g/mol. The van der Waals surface area contributed by atoms with Crippen molar-refractivity contribution in [1.29, 1.82) is 0 Å². The van der Waals surface area contributed by atoms with E-state index >= 15 is 0 Å². The Hall–Kier alpha value is -0.820. The molecule has 1 aromatic rings. The molecule has 0 unspecified atom stereocenters. The molecule has 1 N–H and O–H groups in total. The quantitative estimate of drug-likeness (QED) is 0.859. The van der Waals surface area contributed by atoms with Crippen molar-refractivity contribution in [2.75, 3.05) is 33.3 Å². The van der Waals surface area contributed by atoms with Gasteiger partial charge in [0.05, 0.1) is 17.0 Å². The predicted octanol–water partition coefficient (Wildman–Crippen LogP) is 2.36. The molecule has 2 rings (SSSR count). The van der Waals surface area contributed by atoms with Crippen LogP contribution in [0.5, 0.6) is 5.75 Å². The van der Waals surface area contributed by atoms with Crippen LogP contribution >= 0.6 is 11.6 Å². The van der Waals surface area contributed by atoms with Gasteiger partial charge in [-0.1, -0.05) is 18.5 Å². The highest BCUT2D eigenvalue weighted by Gasteiger charge is 2.29. The summed E-state index contributed by atoms with van der Waals surface area (Å²) in [5, 5.41) is 3.63. The van der Waals surface area contributed by atoms with E-state index in [0.29, 0.717) is 29.8 Å². The molecule has 1 aliphatic rings. The van der Waals surface area contributed by atoms with Crippen LogP contribution in [0, 0.1) is 5.92 Å². The van der Waals surface area contributed by atoms with Crippen LogP contribution in [-0.4, -0.2) is 46.0 Å². The van der Waals surface area contributed by atoms with E-state index in [2.05, 4.69) is 12.2 Å². The van der Waals surface area contributed by atoms with Gasteiger partial charge in [-0.05, 0) is 50.0 Å². The summed E-state index contributed by atoms with van der Waals surface area (Å²) in [7, 11) is -1.98. The van der Waals surface area contributed by atoms with Crippen molar-refractivity contribution in [3.63, 3.8) is 0 Å². The summed E-state index contributed by atoms with van der Waals surface area (Å²) < 4.78 is 32.0. The Kier molecular flexibility index (Phi) is 6.09. The van der Waals surface area contributed by atoms with E-state index in [0.717, 1.165) is 25.9 Å². The van der Waals surface area contributed by atoms with Crippen molar-refractivity contribution in [2.24, 2.45) is 5.92 Å². The zero-order valence-electron chi connectivity index (χ0n) is 13.0. The number of rotatable bonds is 6. The van der Waals surface area contributed by atoms with Crippen LogP contribution in [0.25, 0.3) is 0 Å². The van der Waals surface area contributed by atoms with Gasteiger partial charge in [-0.3, -0.25) is 0 Å². The summed E-state index contributed by atoms with van der Waals surface area (Å²) in [4.78, 5) is 0.225. The average molecular weight is 347 g/mol. The molecule has 124 valence electrons. The van der Waals surface area contributed by atoms with Crippen molar-refractivity contribution in [1.82, 2.24) is 9.62 Å². The summed E-state index contributed by atoms with van der Waals surface area (Å²) in [6.07, 6.45) is 1.77. The predicted molar refractivity (Wildman–Crippen MR) is 88.0 cm³/mol. The van der Waals surface area contributed by atoms with Crippen LogP contribution < -0.4 is 10.1 Å². The molecule has 0 aliphatic carbocycles. The lowest BCUT2D eigenvalue weighted by Crippen LogP contribution is -2.40. The number of piperidine rings is 1. The molecule has 0 amide bonds. The molecule has 0 bridgehead atoms. The van der Waals surface area contributed by atoms with Crippen LogP contribution in [0.1, 0.15) is 19.8 Å². The fourth-order valence-electron chi connectivity index (χ4n) is 2.66. The van der Waals surface area contributed by atoms with Crippen molar-refractivity contribution >= 4 is 21.6 Å². The number of nitrogens with one attached hydrogen (secondary N) is 1. The van der Waals surface area contributed by atoms with Gasteiger partial charge in [0.15, 0.2) is 0 Å². The molecule has 5 nitrogen and oxygen atoms in total. The normalized spacial score (nSPS) is 17.6. The lowest BCUT2D eigenvalue weighted by Gasteiger charge is -2.31. The number of ether oxygens (including phenoxy) is 1. The second kappa shape index (κ2) is 7.64. The molecule has 0 aromatic heterocycles.